The van der Waals surface area contributed by atoms with Gasteiger partial charge in [-0.15, -0.1) is 0 Å². The van der Waals surface area contributed by atoms with E-state index in [0.29, 0.717) is 29.4 Å². The summed E-state index contributed by atoms with van der Waals surface area (Å²) < 4.78 is 5.85. The molecule has 2 aliphatic heterocycles. The summed E-state index contributed by atoms with van der Waals surface area (Å²) in [5.41, 5.74) is 3.09. The summed E-state index contributed by atoms with van der Waals surface area (Å²) in [6.45, 7) is 6.26. The third kappa shape index (κ3) is 6.11. The highest BCUT2D eigenvalue weighted by molar-refractivity contribution is 6.32. The minimum absolute atomic E-state index is 0.0163. The van der Waals surface area contributed by atoms with E-state index in [0.717, 1.165) is 57.4 Å². The van der Waals surface area contributed by atoms with Gasteiger partial charge in [-0.1, -0.05) is 35.4 Å². The van der Waals surface area contributed by atoms with E-state index in [2.05, 4.69) is 46.3 Å². The first-order valence-electron chi connectivity index (χ1n) is 12.9. The van der Waals surface area contributed by atoms with Crippen LogP contribution < -0.4 is 15.0 Å². The standard InChI is InChI=1S/C28H36ClN3O3/c1-19-4-7-22(8-5-19)32-15-12-21(17-32)28(34)30-25(18-31-13-2-3-14-31)27(33)20-6-11-26(24(29)16-20)35-23-9-10-23/h4-8,11,16,21,23,25,27,33H,2-3,9-10,12-15,17-18H2,1H3,(H,30,34)/t21-,25-,27-/m1/s1. The Labute approximate surface area is 213 Å². The lowest BCUT2D eigenvalue weighted by Crippen LogP contribution is -2.48. The molecule has 0 spiro atoms. The first-order valence-corrected chi connectivity index (χ1v) is 13.3. The molecule has 6 nitrogen and oxygen atoms in total. The van der Waals surface area contributed by atoms with Gasteiger partial charge < -0.3 is 25.0 Å². The molecule has 1 aliphatic carbocycles. The summed E-state index contributed by atoms with van der Waals surface area (Å²) in [6.07, 6.45) is 4.66. The number of nitrogens with one attached hydrogen (secondary N) is 1. The second kappa shape index (κ2) is 10.8. The summed E-state index contributed by atoms with van der Waals surface area (Å²) in [5.74, 6) is 0.581. The maximum absolute atomic E-state index is 13.3. The average molecular weight is 498 g/mol. The number of hydrogen-bond donors (Lipinski definition) is 2. The van der Waals surface area contributed by atoms with E-state index in [1.807, 2.05) is 12.1 Å². The lowest BCUT2D eigenvalue weighted by molar-refractivity contribution is -0.126. The van der Waals surface area contributed by atoms with Gasteiger partial charge in [-0.05, 0) is 81.9 Å². The normalized spacial score (nSPS) is 22.3. The predicted octanol–water partition coefficient (Wildman–Crippen LogP) is 4.33. The van der Waals surface area contributed by atoms with Gasteiger partial charge in [0, 0.05) is 25.3 Å². The monoisotopic (exact) mass is 497 g/mol. The molecule has 188 valence electrons. The van der Waals surface area contributed by atoms with Crippen molar-refractivity contribution in [2.45, 2.75) is 57.3 Å². The van der Waals surface area contributed by atoms with Crippen LogP contribution in [0.15, 0.2) is 42.5 Å². The van der Waals surface area contributed by atoms with Crippen molar-refractivity contribution in [2.75, 3.05) is 37.6 Å². The largest absolute Gasteiger partial charge is 0.489 e. The number of hydrogen-bond acceptors (Lipinski definition) is 5. The molecule has 0 unspecified atom stereocenters. The van der Waals surface area contributed by atoms with Crippen molar-refractivity contribution >= 4 is 23.2 Å². The van der Waals surface area contributed by atoms with Crippen LogP contribution in [0, 0.1) is 12.8 Å². The molecular formula is C28H36ClN3O3. The number of nitrogens with zero attached hydrogens (tertiary/aromatic N) is 2. The van der Waals surface area contributed by atoms with Crippen LogP contribution in [-0.4, -0.2) is 60.8 Å². The highest BCUT2D eigenvalue weighted by Gasteiger charge is 2.33. The lowest BCUT2D eigenvalue weighted by atomic mass is 10.00. The van der Waals surface area contributed by atoms with Gasteiger partial charge in [-0.25, -0.2) is 0 Å². The molecule has 3 fully saturated rings. The summed E-state index contributed by atoms with van der Waals surface area (Å²) in [6, 6.07) is 13.5. The van der Waals surface area contributed by atoms with Crippen LogP contribution in [-0.2, 0) is 4.79 Å². The van der Waals surface area contributed by atoms with E-state index >= 15 is 0 Å². The smallest absolute Gasteiger partial charge is 0.225 e. The van der Waals surface area contributed by atoms with Crippen molar-refractivity contribution in [3.8, 4) is 5.75 Å². The number of carbonyl (C=O) groups is 1. The fraction of sp³-hybridized carbons (Fsp3) is 0.536. The Bertz CT molecular complexity index is 1020. The van der Waals surface area contributed by atoms with Crippen molar-refractivity contribution < 1.29 is 14.6 Å². The predicted molar refractivity (Wildman–Crippen MR) is 139 cm³/mol. The average Bonchev–Trinajstić information content (AvgIpc) is 3.30. The van der Waals surface area contributed by atoms with Crippen LogP contribution in [0.4, 0.5) is 5.69 Å². The first-order chi connectivity index (χ1) is 17.0. The number of rotatable bonds is 9. The van der Waals surface area contributed by atoms with Crippen LogP contribution >= 0.6 is 11.6 Å². The van der Waals surface area contributed by atoms with Gasteiger partial charge in [0.25, 0.3) is 0 Å². The fourth-order valence-electron chi connectivity index (χ4n) is 5.13. The molecule has 7 heteroatoms. The molecule has 35 heavy (non-hydrogen) atoms. The molecule has 2 aromatic rings. The maximum atomic E-state index is 13.3. The lowest BCUT2D eigenvalue weighted by Gasteiger charge is -2.30. The third-order valence-corrected chi connectivity index (χ3v) is 7.73. The van der Waals surface area contributed by atoms with E-state index in [-0.39, 0.29) is 17.9 Å². The summed E-state index contributed by atoms with van der Waals surface area (Å²) in [5, 5.41) is 15.1. The molecule has 3 aliphatic rings. The third-order valence-electron chi connectivity index (χ3n) is 7.44. The number of benzene rings is 2. The van der Waals surface area contributed by atoms with Crippen LogP contribution in [0.5, 0.6) is 5.75 Å². The maximum Gasteiger partial charge on any atom is 0.225 e. The van der Waals surface area contributed by atoms with Crippen LogP contribution in [0.25, 0.3) is 0 Å². The topological polar surface area (TPSA) is 65.0 Å². The van der Waals surface area contributed by atoms with Gasteiger partial charge in [0.2, 0.25) is 5.91 Å². The van der Waals surface area contributed by atoms with Crippen LogP contribution in [0.2, 0.25) is 5.02 Å². The molecule has 2 heterocycles. The van der Waals surface area contributed by atoms with Gasteiger partial charge in [0.05, 0.1) is 23.1 Å². The number of halogens is 1. The molecule has 5 rings (SSSR count). The molecule has 0 radical (unpaired) electrons. The number of aryl methyl sites for hydroxylation is 1. The molecule has 1 saturated carbocycles. The van der Waals surface area contributed by atoms with Crippen molar-refractivity contribution in [2.24, 2.45) is 5.92 Å². The molecule has 0 bridgehead atoms. The van der Waals surface area contributed by atoms with E-state index in [1.54, 1.807) is 6.07 Å². The van der Waals surface area contributed by atoms with E-state index < -0.39 is 12.1 Å². The number of amides is 1. The van der Waals surface area contributed by atoms with Crippen molar-refractivity contribution in [1.29, 1.82) is 0 Å². The second-order valence-electron chi connectivity index (χ2n) is 10.3. The Kier molecular flexibility index (Phi) is 7.51. The Morgan fingerprint density at radius 2 is 1.86 bits per heavy atom. The number of carbonyl (C=O) groups excluding carboxylic acids is 1. The van der Waals surface area contributed by atoms with Crippen molar-refractivity contribution in [3.05, 3.63) is 58.6 Å². The van der Waals surface area contributed by atoms with Gasteiger partial charge in [-0.2, -0.15) is 0 Å². The van der Waals surface area contributed by atoms with Crippen LogP contribution in [0.3, 0.4) is 0 Å². The number of aliphatic hydroxyl groups is 1. The van der Waals surface area contributed by atoms with E-state index in [4.69, 9.17) is 16.3 Å². The zero-order valence-electron chi connectivity index (χ0n) is 20.5. The van der Waals surface area contributed by atoms with Gasteiger partial charge in [0.15, 0.2) is 0 Å². The number of anilines is 1. The zero-order chi connectivity index (χ0) is 24.4. The molecule has 1 amide bonds. The molecule has 2 aromatic carbocycles. The van der Waals surface area contributed by atoms with E-state index in [9.17, 15) is 9.90 Å². The quantitative estimate of drug-likeness (QED) is 0.540. The minimum atomic E-state index is -0.846. The molecular weight excluding hydrogens is 462 g/mol. The Morgan fingerprint density at radius 3 is 2.54 bits per heavy atom. The Morgan fingerprint density at radius 1 is 1.11 bits per heavy atom. The molecule has 2 N–H and O–H groups in total. The summed E-state index contributed by atoms with van der Waals surface area (Å²) in [4.78, 5) is 17.9. The molecule has 3 atom stereocenters. The number of likely N-dealkylation sites (tertiary alicyclic amines) is 1. The summed E-state index contributed by atoms with van der Waals surface area (Å²) in [7, 11) is 0. The fourth-order valence-corrected chi connectivity index (χ4v) is 5.36. The second-order valence-corrected chi connectivity index (χ2v) is 10.7. The molecule has 0 aromatic heterocycles. The number of ether oxygens (including phenoxy) is 1. The van der Waals surface area contributed by atoms with Crippen LogP contribution in [0.1, 0.15) is 49.3 Å². The van der Waals surface area contributed by atoms with Gasteiger partial charge in [-0.3, -0.25) is 4.79 Å². The van der Waals surface area contributed by atoms with Crippen molar-refractivity contribution in [1.82, 2.24) is 10.2 Å². The Balaban J connectivity index is 1.26. The zero-order valence-corrected chi connectivity index (χ0v) is 21.2. The van der Waals surface area contributed by atoms with Gasteiger partial charge >= 0.3 is 0 Å². The van der Waals surface area contributed by atoms with E-state index in [1.165, 1.54) is 5.56 Å². The summed E-state index contributed by atoms with van der Waals surface area (Å²) >= 11 is 6.47. The SMILES string of the molecule is Cc1ccc(N2CC[C@@H](C(=O)N[C@H](CN3CCCC3)[C@H](O)c3ccc(OC4CC4)c(Cl)c3)C2)cc1. The molecule has 2 saturated heterocycles. The first kappa shape index (κ1) is 24.4. The highest BCUT2D eigenvalue weighted by Crippen LogP contribution is 2.34. The highest BCUT2D eigenvalue weighted by atomic mass is 35.5. The minimum Gasteiger partial charge on any atom is -0.489 e. The Hall–Kier alpha value is -2.28. The van der Waals surface area contributed by atoms with Crippen molar-refractivity contribution in [3.63, 3.8) is 0 Å². The van der Waals surface area contributed by atoms with Gasteiger partial charge in [0.1, 0.15) is 11.9 Å². The number of aliphatic hydroxyl groups excluding tert-OH is 1.